The van der Waals surface area contributed by atoms with E-state index in [0.29, 0.717) is 53.1 Å². The van der Waals surface area contributed by atoms with Crippen molar-refractivity contribution in [2.45, 2.75) is 11.8 Å². The first-order valence-corrected chi connectivity index (χ1v) is 13.7. The van der Waals surface area contributed by atoms with Crippen LogP contribution < -0.4 is 23.7 Å². The zero-order valence-corrected chi connectivity index (χ0v) is 23.2. The maximum absolute atomic E-state index is 14.1. The fraction of sp³-hybridized carbons (Fsp3) is 0.235. The molecule has 2 aliphatic rings. The Kier molecular flexibility index (Phi) is 7.44. The summed E-state index contributed by atoms with van der Waals surface area (Å²) in [5.41, 5.74) is 2.89. The van der Waals surface area contributed by atoms with E-state index in [2.05, 4.69) is 0 Å². The molecule has 1 fully saturated rings. The number of ether oxygens (including phenoxy) is 5. The molecule has 214 valence electrons. The molecule has 1 saturated carbocycles. The van der Waals surface area contributed by atoms with E-state index in [4.69, 9.17) is 23.7 Å². The van der Waals surface area contributed by atoms with Crippen molar-refractivity contribution in [1.82, 2.24) is 0 Å². The van der Waals surface area contributed by atoms with E-state index in [9.17, 15) is 14.7 Å². The minimum atomic E-state index is -1.01. The Bertz CT molecular complexity index is 1570. The molecule has 1 aliphatic heterocycles. The number of carboxylic acid groups (broad SMARTS) is 1. The first-order valence-electron chi connectivity index (χ1n) is 13.7. The lowest BCUT2D eigenvalue weighted by Crippen LogP contribution is -2.52. The molecule has 1 N–H and O–H groups in total. The van der Waals surface area contributed by atoms with E-state index >= 15 is 0 Å². The number of esters is 1. The van der Waals surface area contributed by atoms with E-state index in [1.807, 2.05) is 48.5 Å². The third-order valence-corrected chi connectivity index (χ3v) is 8.03. The van der Waals surface area contributed by atoms with E-state index in [-0.39, 0.29) is 0 Å². The summed E-state index contributed by atoms with van der Waals surface area (Å²) in [5.74, 6) is -1.97. The van der Waals surface area contributed by atoms with Crippen molar-refractivity contribution < 1.29 is 38.4 Å². The van der Waals surface area contributed by atoms with Gasteiger partial charge in [0.25, 0.3) is 0 Å². The Morgan fingerprint density at radius 1 is 0.738 bits per heavy atom. The SMILES string of the molecule is COc1ccccc1[C@H]1C(C(=O)O)[C@H](c2ccccc2OC)C1C(=O)Oc1cccc(-c2cccc3c2OCCO3)c1. The highest BCUT2D eigenvalue weighted by Crippen LogP contribution is 2.60. The molecule has 0 radical (unpaired) electrons. The van der Waals surface area contributed by atoms with Crippen LogP contribution in [0.2, 0.25) is 0 Å². The van der Waals surface area contributed by atoms with Gasteiger partial charge in [0, 0.05) is 17.4 Å². The van der Waals surface area contributed by atoms with Gasteiger partial charge in [-0.1, -0.05) is 60.7 Å². The highest BCUT2D eigenvalue weighted by atomic mass is 16.6. The summed E-state index contributed by atoms with van der Waals surface area (Å²) < 4.78 is 28.8. The molecule has 42 heavy (non-hydrogen) atoms. The minimum absolute atomic E-state index is 0.336. The number of rotatable bonds is 8. The van der Waals surface area contributed by atoms with Crippen LogP contribution in [-0.4, -0.2) is 44.5 Å². The Hall–Kier alpha value is -4.98. The number of para-hydroxylation sites is 3. The van der Waals surface area contributed by atoms with Gasteiger partial charge in [0.2, 0.25) is 0 Å². The number of carbonyl (C=O) groups is 2. The van der Waals surface area contributed by atoms with Crippen LogP contribution in [0.4, 0.5) is 0 Å². The summed E-state index contributed by atoms with van der Waals surface area (Å²) in [6.07, 6.45) is 0. The van der Waals surface area contributed by atoms with Crippen LogP contribution in [-0.2, 0) is 9.59 Å². The van der Waals surface area contributed by atoms with Crippen molar-refractivity contribution in [2.24, 2.45) is 11.8 Å². The topological polar surface area (TPSA) is 101 Å². The molecule has 0 saturated heterocycles. The Balaban J connectivity index is 1.38. The fourth-order valence-electron chi connectivity index (χ4n) is 6.22. The monoisotopic (exact) mass is 566 g/mol. The first kappa shape index (κ1) is 27.2. The molecular weight excluding hydrogens is 536 g/mol. The Labute approximate surface area is 243 Å². The molecule has 0 bridgehead atoms. The van der Waals surface area contributed by atoms with Crippen molar-refractivity contribution in [3.63, 3.8) is 0 Å². The lowest BCUT2D eigenvalue weighted by Gasteiger charge is -2.49. The molecule has 0 unspecified atom stereocenters. The molecule has 1 aliphatic carbocycles. The molecule has 4 aromatic carbocycles. The van der Waals surface area contributed by atoms with Crippen LogP contribution in [0.25, 0.3) is 11.1 Å². The predicted molar refractivity (Wildman–Crippen MR) is 155 cm³/mol. The van der Waals surface area contributed by atoms with Crippen LogP contribution in [0.1, 0.15) is 23.0 Å². The van der Waals surface area contributed by atoms with Crippen molar-refractivity contribution in [3.05, 3.63) is 102 Å². The van der Waals surface area contributed by atoms with E-state index in [1.165, 1.54) is 14.2 Å². The summed E-state index contributed by atoms with van der Waals surface area (Å²) in [6.45, 7) is 0.924. The average Bonchev–Trinajstić information content (AvgIpc) is 3.00. The maximum Gasteiger partial charge on any atom is 0.315 e. The largest absolute Gasteiger partial charge is 0.496 e. The van der Waals surface area contributed by atoms with Crippen molar-refractivity contribution in [3.8, 4) is 39.9 Å². The van der Waals surface area contributed by atoms with Crippen LogP contribution >= 0.6 is 0 Å². The van der Waals surface area contributed by atoms with Crippen molar-refractivity contribution in [1.29, 1.82) is 0 Å². The molecule has 8 nitrogen and oxygen atoms in total. The standard InChI is InChI=1S/C34H30O8/c1-38-25-14-5-3-11-23(25)28-30(33(35)36)29(24-12-4-6-15-26(24)39-2)31(28)34(37)42-21-10-7-9-20(19-21)22-13-8-16-27-32(22)41-18-17-40-27/h3-16,19,28-31H,17-18H2,1-2H3,(H,35,36)/t28-,29-,30?,31?/m0/s1. The number of aliphatic carboxylic acids is 1. The van der Waals surface area contributed by atoms with Gasteiger partial charge in [-0.05, 0) is 47.0 Å². The normalized spacial score (nSPS) is 20.6. The van der Waals surface area contributed by atoms with Crippen molar-refractivity contribution >= 4 is 11.9 Å². The second-order valence-electron chi connectivity index (χ2n) is 10.2. The Morgan fingerprint density at radius 3 is 2.00 bits per heavy atom. The van der Waals surface area contributed by atoms with Gasteiger partial charge in [0.05, 0.1) is 26.1 Å². The summed E-state index contributed by atoms with van der Waals surface area (Å²) >= 11 is 0. The molecule has 2 atom stereocenters. The van der Waals surface area contributed by atoms with Gasteiger partial charge in [-0.2, -0.15) is 0 Å². The van der Waals surface area contributed by atoms with Gasteiger partial charge in [-0.15, -0.1) is 0 Å². The first-order chi connectivity index (χ1) is 20.5. The lowest BCUT2D eigenvalue weighted by atomic mass is 9.52. The molecule has 4 aromatic rings. The van der Waals surface area contributed by atoms with E-state index < -0.39 is 35.6 Å². The number of methoxy groups -OCH3 is 2. The van der Waals surface area contributed by atoms with Crippen LogP contribution in [0, 0.1) is 11.8 Å². The number of hydrogen-bond acceptors (Lipinski definition) is 7. The summed E-state index contributed by atoms with van der Waals surface area (Å²) in [5, 5.41) is 10.4. The van der Waals surface area contributed by atoms with E-state index in [1.54, 1.807) is 42.5 Å². The van der Waals surface area contributed by atoms with Gasteiger partial charge >= 0.3 is 11.9 Å². The molecular formula is C34H30O8. The average molecular weight is 567 g/mol. The highest BCUT2D eigenvalue weighted by Gasteiger charge is 2.60. The second kappa shape index (κ2) is 11.5. The Morgan fingerprint density at radius 2 is 1.36 bits per heavy atom. The van der Waals surface area contributed by atoms with Crippen LogP contribution in [0.15, 0.2) is 91.0 Å². The number of fused-ring (bicyclic) bond motifs is 1. The highest BCUT2D eigenvalue weighted by molar-refractivity contribution is 5.86. The third kappa shape index (κ3) is 4.79. The van der Waals surface area contributed by atoms with Gasteiger partial charge < -0.3 is 28.8 Å². The number of carbonyl (C=O) groups excluding carboxylic acids is 1. The zero-order chi connectivity index (χ0) is 29.2. The zero-order valence-electron chi connectivity index (χ0n) is 23.2. The molecule has 1 heterocycles. The fourth-order valence-corrected chi connectivity index (χ4v) is 6.22. The summed E-state index contributed by atoms with van der Waals surface area (Å²) in [7, 11) is 3.06. The molecule has 6 rings (SSSR count). The molecule has 0 aromatic heterocycles. The number of hydrogen-bond donors (Lipinski definition) is 1. The van der Waals surface area contributed by atoms with Gasteiger partial charge in [-0.25, -0.2) is 0 Å². The molecule has 8 heteroatoms. The summed E-state index contributed by atoms with van der Waals surface area (Å²) in [6, 6.07) is 27.2. The van der Waals surface area contributed by atoms with Gasteiger partial charge in [-0.3, -0.25) is 9.59 Å². The maximum atomic E-state index is 14.1. The molecule has 0 amide bonds. The molecule has 0 spiro atoms. The van der Waals surface area contributed by atoms with Crippen molar-refractivity contribution in [2.75, 3.05) is 27.4 Å². The van der Waals surface area contributed by atoms with Crippen LogP contribution in [0.5, 0.6) is 28.7 Å². The number of benzene rings is 4. The number of carboxylic acids is 1. The minimum Gasteiger partial charge on any atom is -0.496 e. The summed E-state index contributed by atoms with van der Waals surface area (Å²) in [4.78, 5) is 26.8. The van der Waals surface area contributed by atoms with E-state index in [0.717, 1.165) is 11.1 Å². The van der Waals surface area contributed by atoms with Crippen LogP contribution in [0.3, 0.4) is 0 Å². The quantitative estimate of drug-likeness (QED) is 0.206. The third-order valence-electron chi connectivity index (χ3n) is 8.03. The predicted octanol–water partition coefficient (Wildman–Crippen LogP) is 5.95. The lowest BCUT2D eigenvalue weighted by molar-refractivity contribution is -0.158. The smallest absolute Gasteiger partial charge is 0.315 e. The van der Waals surface area contributed by atoms with Gasteiger partial charge in [0.15, 0.2) is 11.5 Å². The second-order valence-corrected chi connectivity index (χ2v) is 10.2. The van der Waals surface area contributed by atoms with Gasteiger partial charge in [0.1, 0.15) is 30.5 Å².